The number of phenols is 1. The van der Waals surface area contributed by atoms with Gasteiger partial charge < -0.3 is 14.3 Å². The van der Waals surface area contributed by atoms with Crippen LogP contribution in [-0.4, -0.2) is 40.8 Å². The van der Waals surface area contributed by atoms with Gasteiger partial charge in [-0.3, -0.25) is 4.98 Å². The number of phenolic OH excluding ortho intramolecular Hbond substituents is 1. The fourth-order valence-electron chi connectivity index (χ4n) is 7.41. The number of aromatic nitrogens is 1. The number of hydrogen-bond donors (Lipinski definition) is 1. The first-order chi connectivity index (χ1) is 18.3. The van der Waals surface area contributed by atoms with E-state index in [9.17, 15) is 5.11 Å². The zero-order chi connectivity index (χ0) is 28.2. The van der Waals surface area contributed by atoms with Gasteiger partial charge in [-0.25, -0.2) is 0 Å². The van der Waals surface area contributed by atoms with Crippen LogP contribution >= 0.6 is 0 Å². The number of fused-ring (bicyclic) bond motifs is 4. The first-order valence-corrected chi connectivity index (χ1v) is 14.6. The molecule has 0 amide bonds. The number of hydrogen-bond acceptors (Lipinski definition) is 3. The van der Waals surface area contributed by atoms with Crippen LogP contribution in [0.5, 0.6) is 11.5 Å². The summed E-state index contributed by atoms with van der Waals surface area (Å²) < 4.78 is 7.17. The third-order valence-corrected chi connectivity index (χ3v) is 9.51. The summed E-state index contributed by atoms with van der Waals surface area (Å²) in [5.74, 6) is 2.62. The average molecular weight is 528 g/mol. The normalized spacial score (nSPS) is 25.2. The van der Waals surface area contributed by atoms with Gasteiger partial charge in [-0.15, -0.1) is 6.58 Å². The molecule has 2 aromatic carbocycles. The Morgan fingerprint density at radius 1 is 1.05 bits per heavy atom. The highest BCUT2D eigenvalue weighted by Gasteiger charge is 2.51. The molecule has 39 heavy (non-hydrogen) atoms. The van der Waals surface area contributed by atoms with Crippen LogP contribution in [0, 0.1) is 11.8 Å². The van der Waals surface area contributed by atoms with Crippen LogP contribution in [0.15, 0.2) is 55.3 Å². The van der Waals surface area contributed by atoms with Crippen molar-refractivity contribution in [3.8, 4) is 11.5 Å². The molecule has 4 unspecified atom stereocenters. The molecule has 4 heterocycles. The van der Waals surface area contributed by atoms with Crippen LogP contribution < -0.4 is 4.74 Å². The number of nitrogens with zero attached hydrogens (tertiary/aromatic N) is 2. The molecule has 3 aliphatic rings. The number of benzene rings is 2. The number of ether oxygens (including phenoxy) is 1. The second-order valence-corrected chi connectivity index (χ2v) is 14.2. The lowest BCUT2D eigenvalue weighted by atomic mass is 9.71. The zero-order valence-electron chi connectivity index (χ0n) is 25.1. The molecule has 0 spiro atoms. The minimum atomic E-state index is -0.0166. The summed E-state index contributed by atoms with van der Waals surface area (Å²) in [7, 11) is 1.82. The molecule has 4 heteroatoms. The lowest BCUT2D eigenvalue weighted by molar-refractivity contribution is -0.981. The molecule has 0 radical (unpaired) electrons. The van der Waals surface area contributed by atoms with Crippen molar-refractivity contribution in [2.24, 2.45) is 11.8 Å². The predicted molar refractivity (Wildman–Crippen MR) is 161 cm³/mol. The molecule has 3 fully saturated rings. The van der Waals surface area contributed by atoms with E-state index >= 15 is 0 Å². The van der Waals surface area contributed by atoms with Crippen molar-refractivity contribution >= 4 is 10.9 Å². The maximum atomic E-state index is 10.3. The Kier molecular flexibility index (Phi) is 7.08. The number of piperidine rings is 3. The van der Waals surface area contributed by atoms with Crippen molar-refractivity contribution in [1.29, 1.82) is 0 Å². The smallest absolute Gasteiger partial charge is 0.126 e. The quantitative estimate of drug-likeness (QED) is 0.264. The number of pyridine rings is 1. The second kappa shape index (κ2) is 9.96. The fraction of sp³-hybridized carbons (Fsp3) is 0.514. The predicted octanol–water partition coefficient (Wildman–Crippen LogP) is 7.70. The van der Waals surface area contributed by atoms with Crippen LogP contribution in [0.4, 0.5) is 0 Å². The van der Waals surface area contributed by atoms with Crippen molar-refractivity contribution in [3.63, 3.8) is 0 Å². The van der Waals surface area contributed by atoms with E-state index in [1.54, 1.807) is 6.07 Å². The van der Waals surface area contributed by atoms with E-state index in [-0.39, 0.29) is 10.8 Å². The molecular weight excluding hydrogens is 480 g/mol. The van der Waals surface area contributed by atoms with Crippen LogP contribution in [0.2, 0.25) is 0 Å². The summed E-state index contributed by atoms with van der Waals surface area (Å²) in [5.41, 5.74) is 6.22. The molecular formula is C35H47N2O2+. The number of methoxy groups -OCH3 is 1. The van der Waals surface area contributed by atoms with Crippen molar-refractivity contribution in [2.45, 2.75) is 84.2 Å². The molecule has 1 aromatic heterocycles. The van der Waals surface area contributed by atoms with Crippen molar-refractivity contribution in [3.05, 3.63) is 77.5 Å². The monoisotopic (exact) mass is 527 g/mol. The van der Waals surface area contributed by atoms with Crippen molar-refractivity contribution in [1.82, 2.24) is 4.98 Å². The molecule has 208 valence electrons. The van der Waals surface area contributed by atoms with Crippen LogP contribution in [0.25, 0.3) is 10.9 Å². The molecule has 2 bridgehead atoms. The molecule has 3 saturated heterocycles. The van der Waals surface area contributed by atoms with Gasteiger partial charge in [0.2, 0.25) is 0 Å². The zero-order valence-corrected chi connectivity index (χ0v) is 25.1. The Bertz CT molecular complexity index is 1340. The van der Waals surface area contributed by atoms with E-state index in [4.69, 9.17) is 4.74 Å². The fourth-order valence-corrected chi connectivity index (χ4v) is 7.41. The summed E-state index contributed by atoms with van der Waals surface area (Å²) in [4.78, 5) is 4.57. The van der Waals surface area contributed by atoms with E-state index in [1.807, 2.05) is 25.4 Å². The lowest BCUT2D eigenvalue weighted by Gasteiger charge is -2.57. The number of aromatic hydroxyl groups is 1. The standard InChI is InChI=1S/C35H46N2O2/c1-9-24-22-37(21-23-16-30(34(2,3)4)33(39-8)31(17-23)35(5,6)7)15-13-25(24)18-27(37)19-26-12-14-36-32-11-10-28(38)20-29(26)32/h9-12,14,16-17,20,24-25,27H,1,13,15,18-19,21-22H2,2-8H3/p+1. The summed E-state index contributed by atoms with van der Waals surface area (Å²) in [6, 6.07) is 13.1. The number of rotatable bonds is 6. The highest BCUT2D eigenvalue weighted by Crippen LogP contribution is 2.47. The molecule has 4 nitrogen and oxygen atoms in total. The molecule has 0 aliphatic carbocycles. The maximum absolute atomic E-state index is 10.3. The summed E-state index contributed by atoms with van der Waals surface area (Å²) >= 11 is 0. The van der Waals surface area contributed by atoms with Crippen molar-refractivity contribution in [2.75, 3.05) is 20.2 Å². The molecule has 0 saturated carbocycles. The Balaban J connectivity index is 1.59. The first kappa shape index (κ1) is 27.7. The Labute approximate surface area is 235 Å². The average Bonchev–Trinajstić information content (AvgIpc) is 2.88. The summed E-state index contributed by atoms with van der Waals surface area (Å²) in [5, 5.41) is 11.3. The first-order valence-electron chi connectivity index (χ1n) is 14.6. The van der Waals surface area contributed by atoms with Crippen molar-refractivity contribution < 1.29 is 14.3 Å². The Morgan fingerprint density at radius 3 is 2.36 bits per heavy atom. The van der Waals surface area contributed by atoms with Gasteiger partial charge in [0, 0.05) is 53.5 Å². The van der Waals surface area contributed by atoms with Gasteiger partial charge in [0.25, 0.3) is 0 Å². The second-order valence-electron chi connectivity index (χ2n) is 14.2. The van der Waals surface area contributed by atoms with E-state index in [0.717, 1.165) is 40.6 Å². The van der Waals surface area contributed by atoms with Gasteiger partial charge in [-0.05, 0) is 58.7 Å². The molecule has 6 rings (SSSR count). The summed E-state index contributed by atoms with van der Waals surface area (Å²) in [6.07, 6.45) is 7.63. The van der Waals surface area contributed by atoms with Gasteiger partial charge in [0.05, 0.1) is 31.8 Å². The maximum Gasteiger partial charge on any atom is 0.126 e. The Hall–Kier alpha value is -2.85. The van der Waals surface area contributed by atoms with Crippen LogP contribution in [0.1, 0.15) is 76.6 Å². The van der Waals surface area contributed by atoms with Gasteiger partial charge >= 0.3 is 0 Å². The lowest BCUT2D eigenvalue weighted by Crippen LogP contribution is -2.66. The van der Waals surface area contributed by atoms with E-state index < -0.39 is 0 Å². The highest BCUT2D eigenvalue weighted by atomic mass is 16.5. The molecule has 1 N–H and O–H groups in total. The van der Waals surface area contributed by atoms with Gasteiger partial charge in [0.15, 0.2) is 0 Å². The van der Waals surface area contributed by atoms with Gasteiger partial charge in [0.1, 0.15) is 18.0 Å². The largest absolute Gasteiger partial charge is 0.508 e. The number of quaternary nitrogens is 1. The third-order valence-electron chi connectivity index (χ3n) is 9.51. The van der Waals surface area contributed by atoms with Crippen LogP contribution in [-0.2, 0) is 23.8 Å². The minimum Gasteiger partial charge on any atom is -0.508 e. The molecule has 3 aliphatic heterocycles. The highest BCUT2D eigenvalue weighted by molar-refractivity contribution is 5.83. The minimum absolute atomic E-state index is 0.0166. The van der Waals surface area contributed by atoms with Gasteiger partial charge in [-0.1, -0.05) is 47.6 Å². The molecule has 3 aromatic rings. The topological polar surface area (TPSA) is 42.4 Å². The van der Waals surface area contributed by atoms with E-state index in [0.29, 0.717) is 23.6 Å². The SMILES string of the molecule is C=CC1C[N+]2(Cc3cc(C(C)(C)C)c(OC)c(C(C)(C)C)c3)CCC1CC2Cc1ccnc2ccc(O)cc12. The van der Waals surface area contributed by atoms with Crippen LogP contribution in [0.3, 0.4) is 0 Å². The molecule has 4 atom stereocenters. The third kappa shape index (κ3) is 5.20. The Morgan fingerprint density at radius 2 is 1.74 bits per heavy atom. The van der Waals surface area contributed by atoms with E-state index in [1.165, 1.54) is 41.6 Å². The summed E-state index contributed by atoms with van der Waals surface area (Å²) in [6.45, 7) is 21.4. The van der Waals surface area contributed by atoms with E-state index in [2.05, 4.69) is 77.4 Å². The van der Waals surface area contributed by atoms with Gasteiger partial charge in [-0.2, -0.15) is 0 Å².